The van der Waals surface area contributed by atoms with Gasteiger partial charge < -0.3 is 30.7 Å². The van der Waals surface area contributed by atoms with E-state index in [1.807, 2.05) is 27.7 Å². The zero-order chi connectivity index (χ0) is 24.8. The van der Waals surface area contributed by atoms with Gasteiger partial charge in [-0.05, 0) is 27.7 Å². The number of amides is 2. The van der Waals surface area contributed by atoms with Gasteiger partial charge in [0.05, 0.1) is 0 Å². The first kappa shape index (κ1) is 24.6. The molecule has 4 fully saturated rings. The van der Waals surface area contributed by atoms with Gasteiger partial charge in [0.1, 0.15) is 34.9 Å². The lowest BCUT2D eigenvalue weighted by atomic mass is 9.93. The Kier molecular flexibility index (Phi) is 5.59. The van der Waals surface area contributed by atoms with E-state index in [-0.39, 0.29) is 22.6 Å². The van der Waals surface area contributed by atoms with Crippen molar-refractivity contribution in [2.24, 2.45) is 16.9 Å². The molecule has 2 unspecified atom stereocenters. The SMILES string of the molecule is CC(C)(C)C(OC(=O)[C@@H]1N2C(=O)C(N)[C@H]2SC1(C)C)OC(=O)[C@@H]1N2C(=O)C(N)[C@H]2SC1(C)C. The molecule has 0 saturated carbocycles. The molecule has 0 aromatic rings. The Morgan fingerprint density at radius 1 is 0.848 bits per heavy atom. The van der Waals surface area contributed by atoms with Crippen LogP contribution in [0.5, 0.6) is 0 Å². The molecule has 4 aliphatic rings. The fraction of sp³-hybridized carbons (Fsp3) is 0.810. The second-order valence-electron chi connectivity index (χ2n) is 11.1. The van der Waals surface area contributed by atoms with E-state index < -0.39 is 57.3 Å². The van der Waals surface area contributed by atoms with Crippen LogP contribution in [0.2, 0.25) is 0 Å². The molecule has 0 radical (unpaired) electrons. The van der Waals surface area contributed by atoms with Crippen LogP contribution in [-0.4, -0.2) is 84.3 Å². The molecule has 0 aromatic carbocycles. The number of carbonyl (C=O) groups is 4. The second-order valence-corrected chi connectivity index (χ2v) is 14.7. The molecule has 4 saturated heterocycles. The van der Waals surface area contributed by atoms with Crippen molar-refractivity contribution in [2.45, 2.75) is 99.2 Å². The minimum absolute atomic E-state index is 0.282. The van der Waals surface area contributed by atoms with Gasteiger partial charge in [0, 0.05) is 14.9 Å². The molecule has 12 heteroatoms. The predicted octanol–water partition coefficient (Wildman–Crippen LogP) is 0.224. The Balaban J connectivity index is 1.52. The highest BCUT2D eigenvalue weighted by atomic mass is 32.2. The summed E-state index contributed by atoms with van der Waals surface area (Å²) in [4.78, 5) is 54.1. The molecular weight excluding hydrogens is 468 g/mol. The smallest absolute Gasteiger partial charge is 0.333 e. The van der Waals surface area contributed by atoms with E-state index in [1.54, 1.807) is 20.8 Å². The highest BCUT2D eigenvalue weighted by Crippen LogP contribution is 2.52. The number of thioether (sulfide) groups is 2. The summed E-state index contributed by atoms with van der Waals surface area (Å²) >= 11 is 2.91. The highest BCUT2D eigenvalue weighted by molar-refractivity contribution is 8.02. The Hall–Kier alpha value is -1.50. The molecular formula is C21H32N4O6S2. The largest absolute Gasteiger partial charge is 0.423 e. The van der Waals surface area contributed by atoms with Crippen LogP contribution in [0.15, 0.2) is 0 Å². The van der Waals surface area contributed by atoms with E-state index in [2.05, 4.69) is 0 Å². The number of hydrogen-bond acceptors (Lipinski definition) is 10. The lowest BCUT2D eigenvalue weighted by molar-refractivity contribution is -0.216. The molecule has 4 heterocycles. The summed E-state index contributed by atoms with van der Waals surface area (Å²) in [6.07, 6.45) is -1.22. The number of esters is 2. The molecule has 0 aromatic heterocycles. The molecule has 33 heavy (non-hydrogen) atoms. The highest BCUT2D eigenvalue weighted by Gasteiger charge is 2.65. The number of hydrogen-bond donors (Lipinski definition) is 2. The van der Waals surface area contributed by atoms with E-state index in [0.717, 1.165) is 0 Å². The lowest BCUT2D eigenvalue weighted by Gasteiger charge is -2.43. The van der Waals surface area contributed by atoms with E-state index in [0.29, 0.717) is 0 Å². The van der Waals surface area contributed by atoms with Crippen LogP contribution in [0.1, 0.15) is 48.5 Å². The van der Waals surface area contributed by atoms with Crippen molar-refractivity contribution in [1.29, 1.82) is 0 Å². The van der Waals surface area contributed by atoms with Gasteiger partial charge in [0.15, 0.2) is 0 Å². The van der Waals surface area contributed by atoms with Crippen LogP contribution in [0.25, 0.3) is 0 Å². The molecule has 4 aliphatic heterocycles. The third kappa shape index (κ3) is 3.64. The summed E-state index contributed by atoms with van der Waals surface area (Å²) in [6, 6.07) is -2.97. The molecule has 6 atom stereocenters. The number of nitrogens with zero attached hydrogens (tertiary/aromatic N) is 2. The third-order valence-electron chi connectivity index (χ3n) is 6.56. The molecule has 4 N–H and O–H groups in total. The van der Waals surface area contributed by atoms with Crippen molar-refractivity contribution in [3.05, 3.63) is 0 Å². The number of fused-ring (bicyclic) bond motifs is 2. The zero-order valence-corrected chi connectivity index (χ0v) is 21.5. The fourth-order valence-corrected chi connectivity index (χ4v) is 7.89. The maximum atomic E-state index is 13.3. The number of carbonyl (C=O) groups excluding carboxylic acids is 4. The van der Waals surface area contributed by atoms with E-state index in [9.17, 15) is 19.2 Å². The van der Waals surface area contributed by atoms with Crippen molar-refractivity contribution in [3.8, 4) is 0 Å². The minimum Gasteiger partial charge on any atom is -0.423 e. The maximum Gasteiger partial charge on any atom is 0.333 e. The van der Waals surface area contributed by atoms with Gasteiger partial charge in [-0.1, -0.05) is 20.8 Å². The predicted molar refractivity (Wildman–Crippen MR) is 124 cm³/mol. The first-order valence-corrected chi connectivity index (χ1v) is 12.7. The van der Waals surface area contributed by atoms with Gasteiger partial charge >= 0.3 is 11.9 Å². The average molecular weight is 501 g/mol. The number of rotatable bonds is 4. The van der Waals surface area contributed by atoms with Gasteiger partial charge in [-0.2, -0.15) is 0 Å². The molecule has 4 rings (SSSR count). The van der Waals surface area contributed by atoms with E-state index >= 15 is 0 Å². The topological polar surface area (TPSA) is 145 Å². The van der Waals surface area contributed by atoms with Crippen molar-refractivity contribution < 1.29 is 28.7 Å². The molecule has 0 bridgehead atoms. The number of ether oxygens (including phenoxy) is 2. The molecule has 0 spiro atoms. The van der Waals surface area contributed by atoms with Gasteiger partial charge in [-0.3, -0.25) is 9.59 Å². The normalized spacial score (nSPS) is 37.0. The summed E-state index contributed by atoms with van der Waals surface area (Å²) < 4.78 is 10.2. The molecule has 2 amide bonds. The van der Waals surface area contributed by atoms with E-state index in [4.69, 9.17) is 20.9 Å². The van der Waals surface area contributed by atoms with Gasteiger partial charge in [-0.15, -0.1) is 23.5 Å². The minimum atomic E-state index is -1.22. The number of β-lactam (4-membered cyclic amide) rings is 2. The standard InChI is InChI=1S/C21H32N4O6S2/c1-19(2,3)18(30-16(28)10-20(4,5)32-14-8(22)12(26)24(10)14)31-17(29)11-21(6,7)33-15-9(23)13(27)25(11)15/h8-11,14-15,18H,22-23H2,1-7H3/t8?,9?,10-,11-,14+,15+,18?/m0/s1. The van der Waals surface area contributed by atoms with Gasteiger partial charge in [0.2, 0.25) is 11.8 Å². The maximum absolute atomic E-state index is 13.3. The van der Waals surface area contributed by atoms with Crippen LogP contribution in [-0.2, 0) is 28.7 Å². The lowest BCUT2D eigenvalue weighted by Crippen LogP contribution is -2.69. The van der Waals surface area contributed by atoms with Crippen molar-refractivity contribution in [1.82, 2.24) is 9.80 Å². The summed E-state index contributed by atoms with van der Waals surface area (Å²) in [5, 5.41) is -0.564. The van der Waals surface area contributed by atoms with Crippen molar-refractivity contribution in [2.75, 3.05) is 0 Å². The quantitative estimate of drug-likeness (QED) is 0.312. The zero-order valence-electron chi connectivity index (χ0n) is 19.9. The third-order valence-corrected chi connectivity index (χ3v) is 9.75. The summed E-state index contributed by atoms with van der Waals surface area (Å²) in [5.41, 5.74) is 11.0. The van der Waals surface area contributed by atoms with Crippen LogP contribution in [0, 0.1) is 5.41 Å². The van der Waals surface area contributed by atoms with E-state index in [1.165, 1.54) is 33.3 Å². The van der Waals surface area contributed by atoms with Crippen LogP contribution >= 0.6 is 23.5 Å². The first-order valence-electron chi connectivity index (χ1n) is 10.9. The van der Waals surface area contributed by atoms with Crippen LogP contribution in [0.4, 0.5) is 0 Å². The Morgan fingerprint density at radius 3 is 1.48 bits per heavy atom. The average Bonchev–Trinajstić information content (AvgIpc) is 3.11. The Bertz CT molecular complexity index is 853. The second kappa shape index (κ2) is 7.50. The van der Waals surface area contributed by atoms with Crippen molar-refractivity contribution in [3.63, 3.8) is 0 Å². The Labute approximate surface area is 201 Å². The van der Waals surface area contributed by atoms with Crippen LogP contribution in [0.3, 0.4) is 0 Å². The molecule has 10 nitrogen and oxygen atoms in total. The van der Waals surface area contributed by atoms with Crippen molar-refractivity contribution >= 4 is 47.3 Å². The number of nitrogens with two attached hydrogens (primary N) is 2. The summed E-state index contributed by atoms with van der Waals surface area (Å²) in [6.45, 7) is 12.8. The Morgan fingerprint density at radius 2 is 1.18 bits per heavy atom. The fourth-order valence-electron chi connectivity index (χ4n) is 4.76. The molecule has 184 valence electrons. The molecule has 0 aliphatic carbocycles. The van der Waals surface area contributed by atoms with Gasteiger partial charge in [0.25, 0.3) is 6.29 Å². The summed E-state index contributed by atoms with van der Waals surface area (Å²) in [5.74, 6) is -1.90. The monoisotopic (exact) mass is 500 g/mol. The van der Waals surface area contributed by atoms with Crippen LogP contribution < -0.4 is 11.5 Å². The summed E-state index contributed by atoms with van der Waals surface area (Å²) in [7, 11) is 0. The van der Waals surface area contributed by atoms with Gasteiger partial charge in [-0.25, -0.2) is 9.59 Å². The first-order chi connectivity index (χ1) is 15.0.